The molecular weight excluding hydrogens is 449 g/mol. The van der Waals surface area contributed by atoms with Crippen molar-refractivity contribution in [1.82, 2.24) is 14.8 Å². The monoisotopic (exact) mass is 474 g/mol. The molecule has 0 unspecified atom stereocenters. The van der Waals surface area contributed by atoms with Gasteiger partial charge >= 0.3 is 6.18 Å². The molecule has 0 saturated heterocycles. The van der Waals surface area contributed by atoms with Gasteiger partial charge < -0.3 is 15.2 Å². The Morgan fingerprint density at radius 1 is 1.18 bits per heavy atom. The summed E-state index contributed by atoms with van der Waals surface area (Å²) in [4.78, 5) is 16.5. The van der Waals surface area contributed by atoms with Gasteiger partial charge in [0, 0.05) is 24.3 Å². The van der Waals surface area contributed by atoms with E-state index in [0.717, 1.165) is 67.8 Å². The van der Waals surface area contributed by atoms with Crippen molar-refractivity contribution >= 4 is 22.5 Å². The van der Waals surface area contributed by atoms with E-state index in [0.29, 0.717) is 11.7 Å². The molecule has 2 saturated carbocycles. The van der Waals surface area contributed by atoms with Gasteiger partial charge in [0.15, 0.2) is 0 Å². The van der Waals surface area contributed by atoms with E-state index in [1.165, 1.54) is 0 Å². The zero-order valence-electron chi connectivity index (χ0n) is 18.4. The number of pyridine rings is 1. The minimum absolute atomic E-state index is 0.0186. The molecule has 1 aromatic carbocycles. The van der Waals surface area contributed by atoms with E-state index in [2.05, 4.69) is 15.4 Å². The molecule has 1 amide bonds. The van der Waals surface area contributed by atoms with Gasteiger partial charge in [0.1, 0.15) is 11.4 Å². The maximum atomic E-state index is 13.4. The lowest BCUT2D eigenvalue weighted by molar-refractivity contribution is -0.138. The van der Waals surface area contributed by atoms with Gasteiger partial charge in [-0.2, -0.15) is 18.3 Å². The summed E-state index contributed by atoms with van der Waals surface area (Å²) >= 11 is 0. The highest BCUT2D eigenvalue weighted by molar-refractivity contribution is 6.06. The first-order valence-electron chi connectivity index (χ1n) is 11.5. The number of aliphatic hydroxyl groups excluding tert-OH is 1. The first-order chi connectivity index (χ1) is 16.3. The lowest BCUT2D eigenvalue weighted by Gasteiger charge is -2.28. The van der Waals surface area contributed by atoms with Crippen LogP contribution < -0.4 is 10.1 Å². The van der Waals surface area contributed by atoms with E-state index in [9.17, 15) is 23.1 Å². The van der Waals surface area contributed by atoms with Crippen LogP contribution in [-0.2, 0) is 6.18 Å². The average molecular weight is 474 g/mol. The first-order valence-corrected chi connectivity index (χ1v) is 11.5. The molecule has 2 fully saturated rings. The van der Waals surface area contributed by atoms with Crippen molar-refractivity contribution in [2.45, 2.75) is 56.8 Å². The normalized spacial score (nSPS) is 20.9. The summed E-state index contributed by atoms with van der Waals surface area (Å²) in [6, 6.07) is 5.66. The van der Waals surface area contributed by atoms with E-state index in [1.54, 1.807) is 18.3 Å². The fraction of sp³-hybridized carbons (Fsp3) is 0.458. The van der Waals surface area contributed by atoms with Gasteiger partial charge in [-0.3, -0.25) is 14.5 Å². The van der Waals surface area contributed by atoms with Crippen molar-refractivity contribution in [2.75, 3.05) is 11.9 Å². The first kappa shape index (κ1) is 22.6. The van der Waals surface area contributed by atoms with Crippen LogP contribution >= 0.6 is 0 Å². The van der Waals surface area contributed by atoms with Gasteiger partial charge in [-0.25, -0.2) is 0 Å². The summed E-state index contributed by atoms with van der Waals surface area (Å²) in [6.07, 6.45) is 3.58. The number of rotatable bonds is 6. The molecule has 0 atom stereocenters. The number of benzene rings is 1. The summed E-state index contributed by atoms with van der Waals surface area (Å²) in [5.41, 5.74) is -0.657. The van der Waals surface area contributed by atoms with E-state index in [1.807, 2.05) is 4.68 Å². The molecule has 3 aromatic rings. The van der Waals surface area contributed by atoms with Gasteiger partial charge in [0.25, 0.3) is 5.91 Å². The van der Waals surface area contributed by atoms with E-state index in [-0.39, 0.29) is 24.4 Å². The van der Waals surface area contributed by atoms with Crippen LogP contribution in [0.3, 0.4) is 0 Å². The van der Waals surface area contributed by atoms with Crippen LogP contribution in [0.1, 0.15) is 60.6 Å². The topological polar surface area (TPSA) is 89.3 Å². The van der Waals surface area contributed by atoms with Crippen molar-refractivity contribution in [3.05, 3.63) is 47.9 Å². The molecular formula is C24H25F3N4O3. The van der Waals surface area contributed by atoms with Crippen molar-refractivity contribution < 1.29 is 27.8 Å². The molecule has 2 heterocycles. The number of nitrogens with zero attached hydrogens (tertiary/aromatic N) is 3. The maximum Gasteiger partial charge on any atom is 0.418 e. The fourth-order valence-electron chi connectivity index (χ4n) is 4.49. The molecule has 180 valence electrons. The van der Waals surface area contributed by atoms with Crippen LogP contribution in [0.15, 0.2) is 36.7 Å². The van der Waals surface area contributed by atoms with Crippen molar-refractivity contribution in [3.63, 3.8) is 0 Å². The second-order valence-corrected chi connectivity index (χ2v) is 9.02. The Morgan fingerprint density at radius 3 is 2.62 bits per heavy atom. The third-order valence-electron chi connectivity index (χ3n) is 6.51. The van der Waals surface area contributed by atoms with Crippen LogP contribution in [0, 0.1) is 5.92 Å². The largest absolute Gasteiger partial charge is 0.488 e. The molecule has 2 N–H and O–H groups in total. The Kier molecular flexibility index (Phi) is 5.93. The van der Waals surface area contributed by atoms with Crippen LogP contribution in [0.25, 0.3) is 10.9 Å². The van der Waals surface area contributed by atoms with Crippen LogP contribution in [0.4, 0.5) is 18.9 Å². The molecule has 10 heteroatoms. The molecule has 5 rings (SSSR count). The number of fused-ring (bicyclic) bond motifs is 1. The number of aromatic nitrogens is 3. The zero-order chi connectivity index (χ0) is 23.9. The minimum Gasteiger partial charge on any atom is -0.488 e. The fourth-order valence-corrected chi connectivity index (χ4v) is 4.49. The van der Waals surface area contributed by atoms with Crippen LogP contribution in [0.5, 0.6) is 5.75 Å². The highest BCUT2D eigenvalue weighted by Gasteiger charge is 2.36. The van der Waals surface area contributed by atoms with Crippen LogP contribution in [0.2, 0.25) is 0 Å². The number of carbonyl (C=O) groups is 1. The second kappa shape index (κ2) is 8.90. The molecule has 2 aliphatic rings. The standard InChI is InChI=1S/C24H25F3N4O3/c25-24(26,27)18-2-1-9-28-22(18)23(33)30-19-10-15-12-29-31(16-5-3-14(13-32)4-6-16)20(15)11-21(19)34-17-7-8-17/h1-2,9-12,14,16-17,32H,3-8,13H2,(H,30,33). The zero-order valence-corrected chi connectivity index (χ0v) is 18.4. The van der Waals surface area contributed by atoms with Crippen molar-refractivity contribution in [2.24, 2.45) is 5.92 Å². The summed E-state index contributed by atoms with van der Waals surface area (Å²) in [6.45, 7) is 0.196. The number of aliphatic hydroxyl groups is 1. The number of halogens is 3. The van der Waals surface area contributed by atoms with Crippen LogP contribution in [-0.4, -0.2) is 38.5 Å². The third-order valence-corrected chi connectivity index (χ3v) is 6.51. The van der Waals surface area contributed by atoms with Gasteiger partial charge in [0.2, 0.25) is 0 Å². The highest BCUT2D eigenvalue weighted by atomic mass is 19.4. The summed E-state index contributed by atoms with van der Waals surface area (Å²) in [5, 5.41) is 17.3. The molecule has 0 bridgehead atoms. The number of amides is 1. The minimum atomic E-state index is -4.70. The quantitative estimate of drug-likeness (QED) is 0.527. The third kappa shape index (κ3) is 4.59. The van der Waals surface area contributed by atoms with Gasteiger partial charge in [-0.15, -0.1) is 0 Å². The number of anilines is 1. The summed E-state index contributed by atoms with van der Waals surface area (Å²) in [7, 11) is 0. The van der Waals surface area contributed by atoms with Gasteiger partial charge in [-0.1, -0.05) is 0 Å². The van der Waals surface area contributed by atoms with Crippen molar-refractivity contribution in [1.29, 1.82) is 0 Å². The number of carbonyl (C=O) groups excluding carboxylic acids is 1. The maximum absolute atomic E-state index is 13.4. The second-order valence-electron chi connectivity index (χ2n) is 9.02. The van der Waals surface area contributed by atoms with E-state index < -0.39 is 23.3 Å². The molecule has 0 spiro atoms. The SMILES string of the molecule is O=C(Nc1cc2cnn(C3CCC(CO)CC3)c2cc1OC1CC1)c1ncccc1C(F)(F)F. The smallest absolute Gasteiger partial charge is 0.418 e. The predicted molar refractivity (Wildman–Crippen MR) is 119 cm³/mol. The highest BCUT2D eigenvalue weighted by Crippen LogP contribution is 2.39. The lowest BCUT2D eigenvalue weighted by atomic mass is 9.86. The Hall–Kier alpha value is -3.14. The van der Waals surface area contributed by atoms with Gasteiger partial charge in [-0.05, 0) is 62.6 Å². The van der Waals surface area contributed by atoms with E-state index >= 15 is 0 Å². The Labute approximate surface area is 193 Å². The average Bonchev–Trinajstić information content (AvgIpc) is 3.56. The lowest BCUT2D eigenvalue weighted by Crippen LogP contribution is -2.21. The molecule has 7 nitrogen and oxygen atoms in total. The molecule has 0 radical (unpaired) electrons. The number of hydrogen-bond donors (Lipinski definition) is 2. The predicted octanol–water partition coefficient (Wildman–Crippen LogP) is 4.97. The molecule has 2 aromatic heterocycles. The molecule has 2 aliphatic carbocycles. The Balaban J connectivity index is 1.46. The summed E-state index contributed by atoms with van der Waals surface area (Å²) < 4.78 is 48.1. The number of nitrogens with one attached hydrogen (secondary N) is 1. The van der Waals surface area contributed by atoms with Crippen molar-refractivity contribution in [3.8, 4) is 5.75 Å². The summed E-state index contributed by atoms with van der Waals surface area (Å²) in [5.74, 6) is -0.233. The Morgan fingerprint density at radius 2 is 1.94 bits per heavy atom. The number of ether oxygens (including phenoxy) is 1. The van der Waals surface area contributed by atoms with Gasteiger partial charge in [0.05, 0.1) is 35.1 Å². The number of alkyl halides is 3. The Bertz CT molecular complexity index is 1200. The molecule has 34 heavy (non-hydrogen) atoms. The van der Waals surface area contributed by atoms with E-state index in [4.69, 9.17) is 4.74 Å². The molecule has 0 aliphatic heterocycles. The number of hydrogen-bond acceptors (Lipinski definition) is 5.